The van der Waals surface area contributed by atoms with Gasteiger partial charge in [0.25, 0.3) is 0 Å². The molecule has 5 heteroatoms. The molecule has 1 amide bonds. The Bertz CT molecular complexity index is 536. The molecule has 0 aromatic heterocycles. The molecule has 0 fully saturated rings. The smallest absolute Gasteiger partial charge is 0.408 e. The zero-order valence-corrected chi connectivity index (χ0v) is 12.2. The molecule has 0 spiro atoms. The molecule has 20 heavy (non-hydrogen) atoms. The standard InChI is InChI=1S/C15H20N2O3/c1-15(2,3)20-14(18)17-9-5-6-11-10-12(19-4)7-8-13(11)16/h7-8,10H,9,16H2,1-4H3,(H,17,18). The van der Waals surface area contributed by atoms with Crippen molar-refractivity contribution in [3.05, 3.63) is 23.8 Å². The largest absolute Gasteiger partial charge is 0.497 e. The average Bonchev–Trinajstić information content (AvgIpc) is 2.34. The third-order valence-corrected chi connectivity index (χ3v) is 2.20. The molecule has 1 aromatic rings. The van der Waals surface area contributed by atoms with Crippen molar-refractivity contribution in [1.82, 2.24) is 5.32 Å². The van der Waals surface area contributed by atoms with Crippen molar-refractivity contribution in [2.24, 2.45) is 0 Å². The second-order valence-electron chi connectivity index (χ2n) is 5.11. The van der Waals surface area contributed by atoms with Crippen LogP contribution in [0.2, 0.25) is 0 Å². The molecule has 0 radical (unpaired) electrons. The van der Waals surface area contributed by atoms with E-state index in [1.54, 1.807) is 46.1 Å². The summed E-state index contributed by atoms with van der Waals surface area (Å²) in [5.74, 6) is 6.38. The highest BCUT2D eigenvalue weighted by atomic mass is 16.6. The first-order valence-corrected chi connectivity index (χ1v) is 6.21. The van der Waals surface area contributed by atoms with Crippen molar-refractivity contribution in [1.29, 1.82) is 0 Å². The molecule has 3 N–H and O–H groups in total. The molecule has 0 aliphatic carbocycles. The zero-order chi connectivity index (χ0) is 15.2. The highest BCUT2D eigenvalue weighted by Gasteiger charge is 2.14. The van der Waals surface area contributed by atoms with Crippen molar-refractivity contribution < 1.29 is 14.3 Å². The van der Waals surface area contributed by atoms with Crippen molar-refractivity contribution >= 4 is 11.8 Å². The van der Waals surface area contributed by atoms with Gasteiger partial charge in [0, 0.05) is 5.69 Å². The molecule has 1 rings (SSSR count). The van der Waals surface area contributed by atoms with E-state index >= 15 is 0 Å². The van der Waals surface area contributed by atoms with Gasteiger partial charge in [-0.25, -0.2) is 4.79 Å². The Hall–Kier alpha value is -2.35. The van der Waals surface area contributed by atoms with Gasteiger partial charge in [-0.3, -0.25) is 0 Å². The second-order valence-corrected chi connectivity index (χ2v) is 5.11. The summed E-state index contributed by atoms with van der Waals surface area (Å²) < 4.78 is 10.2. The Labute approximate surface area is 119 Å². The van der Waals surface area contributed by atoms with Crippen molar-refractivity contribution in [2.45, 2.75) is 26.4 Å². The van der Waals surface area contributed by atoms with Gasteiger partial charge in [-0.1, -0.05) is 11.8 Å². The number of benzene rings is 1. The van der Waals surface area contributed by atoms with Gasteiger partial charge in [0.1, 0.15) is 11.4 Å². The van der Waals surface area contributed by atoms with Crippen LogP contribution in [0.5, 0.6) is 5.75 Å². The van der Waals surface area contributed by atoms with E-state index < -0.39 is 11.7 Å². The molecule has 0 saturated heterocycles. The molecule has 0 saturated carbocycles. The predicted octanol–water partition coefficient (Wildman–Crippen LogP) is 2.15. The number of nitrogens with two attached hydrogens (primary N) is 1. The number of alkyl carbamates (subject to hydrolysis) is 1. The molecule has 0 bridgehead atoms. The topological polar surface area (TPSA) is 73.6 Å². The lowest BCUT2D eigenvalue weighted by molar-refractivity contribution is 0.0535. The predicted molar refractivity (Wildman–Crippen MR) is 78.5 cm³/mol. The monoisotopic (exact) mass is 276 g/mol. The van der Waals surface area contributed by atoms with Crippen LogP contribution in [0.4, 0.5) is 10.5 Å². The number of hydrogen-bond donors (Lipinski definition) is 2. The van der Waals surface area contributed by atoms with Crippen LogP contribution in [0.3, 0.4) is 0 Å². The number of anilines is 1. The molecule has 5 nitrogen and oxygen atoms in total. The minimum atomic E-state index is -0.519. The molecule has 0 aliphatic heterocycles. The summed E-state index contributed by atoms with van der Waals surface area (Å²) in [7, 11) is 1.58. The molecule has 0 aliphatic rings. The number of rotatable bonds is 2. The van der Waals surface area contributed by atoms with Crippen LogP contribution in [0.1, 0.15) is 26.3 Å². The van der Waals surface area contributed by atoms with Crippen LogP contribution in [-0.4, -0.2) is 25.3 Å². The summed E-state index contributed by atoms with van der Waals surface area (Å²) >= 11 is 0. The number of carbonyl (C=O) groups is 1. The number of ether oxygens (including phenoxy) is 2. The van der Waals surface area contributed by atoms with Crippen LogP contribution >= 0.6 is 0 Å². The third-order valence-electron chi connectivity index (χ3n) is 2.20. The summed E-state index contributed by atoms with van der Waals surface area (Å²) in [5, 5.41) is 2.55. The minimum absolute atomic E-state index is 0.186. The van der Waals surface area contributed by atoms with E-state index in [9.17, 15) is 4.79 Å². The molecule has 0 heterocycles. The molecule has 0 unspecified atom stereocenters. The molecular weight excluding hydrogens is 256 g/mol. The fourth-order valence-electron chi connectivity index (χ4n) is 1.34. The Balaban J connectivity index is 2.57. The van der Waals surface area contributed by atoms with Gasteiger partial charge in [-0.05, 0) is 39.0 Å². The summed E-state index contributed by atoms with van der Waals surface area (Å²) in [4.78, 5) is 11.4. The SMILES string of the molecule is COc1ccc(N)c(C#CCNC(=O)OC(C)(C)C)c1. The fourth-order valence-corrected chi connectivity index (χ4v) is 1.34. The highest BCUT2D eigenvalue weighted by Crippen LogP contribution is 2.18. The third kappa shape index (κ3) is 5.53. The first-order chi connectivity index (χ1) is 9.31. The van der Waals surface area contributed by atoms with Crippen LogP contribution in [-0.2, 0) is 4.74 Å². The van der Waals surface area contributed by atoms with Crippen LogP contribution in [0, 0.1) is 11.8 Å². The fraction of sp³-hybridized carbons (Fsp3) is 0.400. The van der Waals surface area contributed by atoms with Crippen LogP contribution in [0.25, 0.3) is 0 Å². The molecule has 108 valence electrons. The van der Waals surface area contributed by atoms with Gasteiger partial charge >= 0.3 is 6.09 Å². The zero-order valence-electron chi connectivity index (χ0n) is 12.2. The number of carbonyl (C=O) groups excluding carboxylic acids is 1. The molecule has 0 atom stereocenters. The van der Waals surface area contributed by atoms with Gasteiger partial charge < -0.3 is 20.5 Å². The van der Waals surface area contributed by atoms with E-state index in [2.05, 4.69) is 17.2 Å². The summed E-state index contributed by atoms with van der Waals surface area (Å²) in [5.41, 5.74) is 6.51. The van der Waals surface area contributed by atoms with Crippen molar-refractivity contribution in [3.63, 3.8) is 0 Å². The normalized spacial score (nSPS) is 10.2. The lowest BCUT2D eigenvalue weighted by Crippen LogP contribution is -2.32. The van der Waals surface area contributed by atoms with Gasteiger partial charge in [0.05, 0.1) is 19.2 Å². The maximum Gasteiger partial charge on any atom is 0.408 e. The quantitative estimate of drug-likeness (QED) is 0.641. The Morgan fingerprint density at radius 2 is 2.10 bits per heavy atom. The number of nitrogens with one attached hydrogen (secondary N) is 1. The first kappa shape index (κ1) is 15.7. The average molecular weight is 276 g/mol. The Morgan fingerprint density at radius 3 is 2.70 bits per heavy atom. The lowest BCUT2D eigenvalue weighted by atomic mass is 10.2. The lowest BCUT2D eigenvalue weighted by Gasteiger charge is -2.19. The number of nitrogen functional groups attached to an aromatic ring is 1. The summed E-state index contributed by atoms with van der Waals surface area (Å²) in [6, 6.07) is 5.24. The van der Waals surface area contributed by atoms with Crippen LogP contribution in [0.15, 0.2) is 18.2 Å². The summed E-state index contributed by atoms with van der Waals surface area (Å²) in [6.07, 6.45) is -0.495. The van der Waals surface area contributed by atoms with Gasteiger partial charge in [-0.2, -0.15) is 0 Å². The van der Waals surface area contributed by atoms with E-state index in [4.69, 9.17) is 15.2 Å². The number of amides is 1. The summed E-state index contributed by atoms with van der Waals surface area (Å²) in [6.45, 7) is 5.59. The second kappa shape index (κ2) is 6.71. The van der Waals surface area contributed by atoms with Gasteiger partial charge in [0.15, 0.2) is 0 Å². The van der Waals surface area contributed by atoms with Crippen molar-refractivity contribution in [2.75, 3.05) is 19.4 Å². The van der Waals surface area contributed by atoms with E-state index in [-0.39, 0.29) is 6.54 Å². The van der Waals surface area contributed by atoms with Crippen LogP contribution < -0.4 is 15.8 Å². The molecular formula is C15H20N2O3. The van der Waals surface area contributed by atoms with E-state index in [1.165, 1.54) is 0 Å². The maximum atomic E-state index is 11.4. The first-order valence-electron chi connectivity index (χ1n) is 6.21. The van der Waals surface area contributed by atoms with E-state index in [1.807, 2.05) is 0 Å². The maximum absolute atomic E-state index is 11.4. The van der Waals surface area contributed by atoms with E-state index in [0.717, 1.165) is 0 Å². The van der Waals surface area contributed by atoms with Crippen molar-refractivity contribution in [3.8, 4) is 17.6 Å². The Morgan fingerprint density at radius 1 is 1.40 bits per heavy atom. The molecule has 1 aromatic carbocycles. The highest BCUT2D eigenvalue weighted by molar-refractivity contribution is 5.68. The minimum Gasteiger partial charge on any atom is -0.497 e. The van der Waals surface area contributed by atoms with Gasteiger partial charge in [-0.15, -0.1) is 0 Å². The number of methoxy groups -OCH3 is 1. The van der Waals surface area contributed by atoms with E-state index in [0.29, 0.717) is 17.0 Å². The Kier molecular flexibility index (Phi) is 5.27. The number of hydrogen-bond acceptors (Lipinski definition) is 4. The van der Waals surface area contributed by atoms with Gasteiger partial charge in [0.2, 0.25) is 0 Å².